The second-order valence-electron chi connectivity index (χ2n) is 3.32. The Morgan fingerprint density at radius 3 is 2.87 bits per heavy atom. The fourth-order valence-corrected chi connectivity index (χ4v) is 2.02. The molecule has 0 fully saturated rings. The van der Waals surface area contributed by atoms with Crippen LogP contribution in [0.5, 0.6) is 11.5 Å². The molecule has 0 saturated carbocycles. The zero-order valence-corrected chi connectivity index (χ0v) is 9.66. The third kappa shape index (κ3) is 2.09. The summed E-state index contributed by atoms with van der Waals surface area (Å²) in [7, 11) is 0. The van der Waals surface area contributed by atoms with E-state index in [1.165, 1.54) is 0 Å². The molecule has 1 aliphatic rings. The molecule has 15 heavy (non-hydrogen) atoms. The van der Waals surface area contributed by atoms with Crippen molar-refractivity contribution in [3.8, 4) is 11.5 Å². The molecule has 0 radical (unpaired) electrons. The summed E-state index contributed by atoms with van der Waals surface area (Å²) in [6.45, 7) is 1.00. The highest BCUT2D eigenvalue weighted by Gasteiger charge is 2.18. The highest BCUT2D eigenvalue weighted by molar-refractivity contribution is 9.10. The van der Waals surface area contributed by atoms with Crippen molar-refractivity contribution in [3.05, 3.63) is 22.2 Å². The fraction of sp³-hybridized carbons (Fsp3) is 0.400. The number of rotatable bonds is 2. The minimum absolute atomic E-state index is 0.0912. The van der Waals surface area contributed by atoms with Crippen LogP contribution < -0.4 is 15.2 Å². The molecule has 1 aromatic rings. The van der Waals surface area contributed by atoms with E-state index in [1.807, 2.05) is 6.07 Å². The third-order valence-corrected chi connectivity index (χ3v) is 2.83. The van der Waals surface area contributed by atoms with Crippen molar-refractivity contribution in [2.24, 2.45) is 5.73 Å². The first-order chi connectivity index (χ1) is 7.22. The van der Waals surface area contributed by atoms with Crippen molar-refractivity contribution in [3.63, 3.8) is 0 Å². The maximum Gasteiger partial charge on any atom is 0.175 e. The Balaban J connectivity index is 2.40. The number of benzene rings is 1. The monoisotopic (exact) mass is 273 g/mol. The van der Waals surface area contributed by atoms with Gasteiger partial charge in [-0.05, 0) is 33.6 Å². The first-order valence-corrected chi connectivity index (χ1v) is 5.47. The summed E-state index contributed by atoms with van der Waals surface area (Å²) >= 11 is 3.39. The van der Waals surface area contributed by atoms with Gasteiger partial charge in [0.15, 0.2) is 11.5 Å². The summed E-state index contributed by atoms with van der Waals surface area (Å²) in [5.74, 6) is 1.38. The van der Waals surface area contributed by atoms with Crippen molar-refractivity contribution in [2.75, 3.05) is 19.8 Å². The van der Waals surface area contributed by atoms with Crippen LogP contribution in [0.15, 0.2) is 16.6 Å². The average Bonchev–Trinajstić information content (AvgIpc) is 2.28. The molecular weight excluding hydrogens is 262 g/mol. The average molecular weight is 274 g/mol. The first-order valence-electron chi connectivity index (χ1n) is 4.68. The van der Waals surface area contributed by atoms with Crippen molar-refractivity contribution < 1.29 is 14.6 Å². The predicted molar refractivity (Wildman–Crippen MR) is 59.1 cm³/mol. The van der Waals surface area contributed by atoms with Gasteiger partial charge in [-0.2, -0.15) is 0 Å². The third-order valence-electron chi connectivity index (χ3n) is 2.24. The van der Waals surface area contributed by atoms with Gasteiger partial charge < -0.3 is 20.3 Å². The van der Waals surface area contributed by atoms with Crippen LogP contribution in [-0.4, -0.2) is 24.9 Å². The fourth-order valence-electron chi connectivity index (χ4n) is 1.45. The van der Waals surface area contributed by atoms with Crippen molar-refractivity contribution >= 4 is 15.9 Å². The van der Waals surface area contributed by atoms with E-state index in [4.69, 9.17) is 20.3 Å². The lowest BCUT2D eigenvalue weighted by Crippen LogP contribution is -2.18. The Bertz CT molecular complexity index is 370. The van der Waals surface area contributed by atoms with Gasteiger partial charge in [-0.25, -0.2) is 0 Å². The Hall–Kier alpha value is -0.780. The number of nitrogens with two attached hydrogens (primary N) is 1. The van der Waals surface area contributed by atoms with Gasteiger partial charge in [0.25, 0.3) is 0 Å². The van der Waals surface area contributed by atoms with Crippen LogP contribution in [0.2, 0.25) is 0 Å². The maximum atomic E-state index is 8.97. The number of aliphatic hydroxyl groups is 1. The second-order valence-corrected chi connectivity index (χ2v) is 4.17. The molecule has 0 amide bonds. The van der Waals surface area contributed by atoms with Crippen molar-refractivity contribution in [1.29, 1.82) is 0 Å². The molecule has 0 saturated heterocycles. The molecule has 82 valence electrons. The molecule has 0 unspecified atom stereocenters. The topological polar surface area (TPSA) is 64.7 Å². The van der Waals surface area contributed by atoms with Crippen LogP contribution in [0.1, 0.15) is 11.6 Å². The SMILES string of the molecule is N[C@H](CO)c1cc(Br)c2c(c1)OCCO2. The molecule has 0 bridgehead atoms. The van der Waals surface area contributed by atoms with Crippen molar-refractivity contribution in [2.45, 2.75) is 6.04 Å². The minimum Gasteiger partial charge on any atom is -0.486 e. The highest BCUT2D eigenvalue weighted by atomic mass is 79.9. The van der Waals surface area contributed by atoms with Crippen LogP contribution in [0.4, 0.5) is 0 Å². The lowest BCUT2D eigenvalue weighted by Gasteiger charge is -2.21. The lowest BCUT2D eigenvalue weighted by molar-refractivity contribution is 0.170. The molecule has 1 aromatic carbocycles. The Morgan fingerprint density at radius 1 is 1.40 bits per heavy atom. The quantitative estimate of drug-likeness (QED) is 0.850. The normalized spacial score (nSPS) is 16.2. The Morgan fingerprint density at radius 2 is 2.13 bits per heavy atom. The number of hydrogen-bond acceptors (Lipinski definition) is 4. The van der Waals surface area contributed by atoms with Crippen LogP contribution >= 0.6 is 15.9 Å². The van der Waals surface area contributed by atoms with Gasteiger partial charge in [-0.15, -0.1) is 0 Å². The summed E-state index contributed by atoms with van der Waals surface area (Å²) in [6, 6.07) is 3.26. The maximum absolute atomic E-state index is 8.97. The number of aliphatic hydroxyl groups excluding tert-OH is 1. The van der Waals surface area contributed by atoms with E-state index in [0.717, 1.165) is 10.0 Å². The zero-order chi connectivity index (χ0) is 10.8. The number of fused-ring (bicyclic) bond motifs is 1. The largest absolute Gasteiger partial charge is 0.486 e. The van der Waals surface area contributed by atoms with Gasteiger partial charge in [0.1, 0.15) is 13.2 Å². The van der Waals surface area contributed by atoms with E-state index in [-0.39, 0.29) is 6.61 Å². The van der Waals surface area contributed by atoms with E-state index in [9.17, 15) is 0 Å². The van der Waals surface area contributed by atoms with Gasteiger partial charge in [-0.3, -0.25) is 0 Å². The van der Waals surface area contributed by atoms with E-state index >= 15 is 0 Å². The minimum atomic E-state index is -0.392. The number of halogens is 1. The van der Waals surface area contributed by atoms with Gasteiger partial charge in [0.05, 0.1) is 17.1 Å². The van der Waals surface area contributed by atoms with Gasteiger partial charge >= 0.3 is 0 Å². The molecular formula is C10H12BrNO3. The molecule has 2 rings (SSSR count). The zero-order valence-electron chi connectivity index (χ0n) is 8.07. The summed E-state index contributed by atoms with van der Waals surface area (Å²) in [6.07, 6.45) is 0. The van der Waals surface area contributed by atoms with Gasteiger partial charge in [0.2, 0.25) is 0 Å². The van der Waals surface area contributed by atoms with Crippen molar-refractivity contribution in [1.82, 2.24) is 0 Å². The molecule has 0 aromatic heterocycles. The molecule has 1 aliphatic heterocycles. The summed E-state index contributed by atoms with van der Waals surface area (Å²) in [5.41, 5.74) is 6.56. The molecule has 1 heterocycles. The molecule has 4 nitrogen and oxygen atoms in total. The Labute approximate surface area is 96.1 Å². The molecule has 3 N–H and O–H groups in total. The van der Waals surface area contributed by atoms with E-state index in [2.05, 4.69) is 15.9 Å². The van der Waals surface area contributed by atoms with E-state index < -0.39 is 6.04 Å². The second kappa shape index (κ2) is 4.38. The number of ether oxygens (including phenoxy) is 2. The van der Waals surface area contributed by atoms with Crippen LogP contribution in [0.25, 0.3) is 0 Å². The lowest BCUT2D eigenvalue weighted by atomic mass is 10.1. The summed E-state index contributed by atoms with van der Waals surface area (Å²) < 4.78 is 11.7. The van der Waals surface area contributed by atoms with Crippen LogP contribution in [0, 0.1) is 0 Å². The molecule has 0 aliphatic carbocycles. The number of hydrogen-bond donors (Lipinski definition) is 2. The van der Waals surface area contributed by atoms with E-state index in [1.54, 1.807) is 6.07 Å². The smallest absolute Gasteiger partial charge is 0.175 e. The first kappa shape index (κ1) is 10.7. The predicted octanol–water partition coefficient (Wildman–Crippen LogP) is 1.21. The van der Waals surface area contributed by atoms with Gasteiger partial charge in [-0.1, -0.05) is 0 Å². The standard InChI is InChI=1S/C10H12BrNO3/c11-7-3-6(8(12)5-13)4-9-10(7)15-2-1-14-9/h3-4,8,13H,1-2,5,12H2/t8-/m1/s1. The molecule has 0 spiro atoms. The highest BCUT2D eigenvalue weighted by Crippen LogP contribution is 2.39. The van der Waals surface area contributed by atoms with E-state index in [0.29, 0.717) is 24.7 Å². The summed E-state index contributed by atoms with van der Waals surface area (Å²) in [4.78, 5) is 0. The Kier molecular flexibility index (Phi) is 3.14. The van der Waals surface area contributed by atoms with Gasteiger partial charge in [0, 0.05) is 0 Å². The summed E-state index contributed by atoms with van der Waals surface area (Å²) in [5, 5.41) is 8.97. The molecule has 5 heteroatoms. The van der Waals surface area contributed by atoms with Crippen LogP contribution in [-0.2, 0) is 0 Å². The van der Waals surface area contributed by atoms with Crippen LogP contribution in [0.3, 0.4) is 0 Å². The molecule has 1 atom stereocenters.